The van der Waals surface area contributed by atoms with Crippen LogP contribution in [0.2, 0.25) is 0 Å². The molecule has 110 valence electrons. The lowest BCUT2D eigenvalue weighted by molar-refractivity contribution is -0.142. The second-order valence-corrected chi connectivity index (χ2v) is 4.29. The lowest BCUT2D eigenvalue weighted by Gasteiger charge is -2.06. The van der Waals surface area contributed by atoms with E-state index in [9.17, 15) is 14.4 Å². The van der Waals surface area contributed by atoms with E-state index in [0.717, 1.165) is 7.11 Å². The molecule has 0 aliphatic carbocycles. The topological polar surface area (TPSA) is 109 Å². The molecular formula is C14H14N2O5. The number of carbonyl (C=O) groups excluding carboxylic acids is 2. The summed E-state index contributed by atoms with van der Waals surface area (Å²) in [6.45, 7) is 3.31. The highest BCUT2D eigenvalue weighted by Gasteiger charge is 2.14. The number of aromatic nitrogens is 1. The Morgan fingerprint density at radius 1 is 1.43 bits per heavy atom. The number of ether oxygens (including phenoxy) is 2. The van der Waals surface area contributed by atoms with E-state index in [0.29, 0.717) is 5.56 Å². The van der Waals surface area contributed by atoms with Gasteiger partial charge in [-0.05, 0) is 31.6 Å². The minimum atomic E-state index is -0.810. The number of hydrogen-bond acceptors (Lipinski definition) is 6. The van der Waals surface area contributed by atoms with Crippen molar-refractivity contribution in [3.63, 3.8) is 0 Å². The average Bonchev–Trinajstić information content (AvgIpc) is 2.44. The Bertz CT molecular complexity index is 679. The molecule has 0 amide bonds. The number of carbonyl (C=O) groups is 2. The maximum atomic E-state index is 11.7. The van der Waals surface area contributed by atoms with Gasteiger partial charge in [-0.1, -0.05) is 0 Å². The molecule has 0 atom stereocenters. The van der Waals surface area contributed by atoms with Gasteiger partial charge < -0.3 is 14.5 Å². The van der Waals surface area contributed by atoms with Crippen LogP contribution in [0, 0.1) is 11.3 Å². The van der Waals surface area contributed by atoms with E-state index in [2.05, 4.69) is 9.72 Å². The molecule has 0 bridgehead atoms. The number of methoxy groups -OCH3 is 1. The van der Waals surface area contributed by atoms with Gasteiger partial charge in [-0.3, -0.25) is 4.79 Å². The fourth-order valence-electron chi connectivity index (χ4n) is 1.43. The lowest BCUT2D eigenvalue weighted by atomic mass is 10.1. The van der Waals surface area contributed by atoms with Crippen molar-refractivity contribution in [2.45, 2.75) is 20.0 Å². The molecule has 1 rings (SSSR count). The molecule has 0 aliphatic rings. The number of nitriles is 1. The third-order valence-corrected chi connectivity index (χ3v) is 2.32. The van der Waals surface area contributed by atoms with Crippen LogP contribution >= 0.6 is 0 Å². The number of rotatable bonds is 4. The normalized spacial score (nSPS) is 10.9. The molecular weight excluding hydrogens is 276 g/mol. The van der Waals surface area contributed by atoms with Crippen LogP contribution in [0.5, 0.6) is 0 Å². The largest absolute Gasteiger partial charge is 0.465 e. The number of nitrogens with zero attached hydrogens (tertiary/aromatic N) is 1. The summed E-state index contributed by atoms with van der Waals surface area (Å²) in [7, 11) is 1.14. The van der Waals surface area contributed by atoms with Gasteiger partial charge in [0.2, 0.25) is 0 Å². The minimum absolute atomic E-state index is 0.222. The fraction of sp³-hybridized carbons (Fsp3) is 0.286. The van der Waals surface area contributed by atoms with Crippen molar-refractivity contribution in [2.24, 2.45) is 0 Å². The molecule has 0 radical (unpaired) electrons. The van der Waals surface area contributed by atoms with Gasteiger partial charge in [0.25, 0.3) is 5.56 Å². The predicted molar refractivity (Wildman–Crippen MR) is 73.2 cm³/mol. The molecule has 7 heteroatoms. The fourth-order valence-corrected chi connectivity index (χ4v) is 1.43. The first-order valence-corrected chi connectivity index (χ1v) is 6.02. The smallest absolute Gasteiger partial charge is 0.349 e. The van der Waals surface area contributed by atoms with Gasteiger partial charge in [-0.2, -0.15) is 5.26 Å². The third kappa shape index (κ3) is 4.31. The van der Waals surface area contributed by atoms with Crippen molar-refractivity contribution in [2.75, 3.05) is 7.11 Å². The summed E-state index contributed by atoms with van der Waals surface area (Å²) in [5.74, 6) is -1.59. The molecule has 0 unspecified atom stereocenters. The molecule has 0 aromatic carbocycles. The first kappa shape index (κ1) is 16.2. The molecule has 1 aromatic heterocycles. The summed E-state index contributed by atoms with van der Waals surface area (Å²) in [5.41, 5.74) is -0.790. The molecule has 1 N–H and O–H groups in total. The molecule has 0 fully saturated rings. The second-order valence-electron chi connectivity index (χ2n) is 4.29. The molecule has 1 aromatic rings. The SMILES string of the molecule is COC(=O)c1cc(C=C(C#N)C(=O)OC(C)C)c[nH]c1=O. The van der Waals surface area contributed by atoms with Crippen LogP contribution in [0.1, 0.15) is 29.8 Å². The Labute approximate surface area is 120 Å². The number of pyridine rings is 1. The summed E-state index contributed by atoms with van der Waals surface area (Å²) >= 11 is 0. The number of H-pyrrole nitrogens is 1. The van der Waals surface area contributed by atoms with Gasteiger partial charge in [0.15, 0.2) is 0 Å². The quantitative estimate of drug-likeness (QED) is 0.503. The first-order valence-electron chi connectivity index (χ1n) is 6.02. The zero-order chi connectivity index (χ0) is 16.0. The van der Waals surface area contributed by atoms with E-state index < -0.39 is 17.5 Å². The Kier molecular flexibility index (Phi) is 5.43. The van der Waals surface area contributed by atoms with Gasteiger partial charge in [0, 0.05) is 6.20 Å². The van der Waals surface area contributed by atoms with Gasteiger partial charge in [0.05, 0.1) is 13.2 Å². The Morgan fingerprint density at radius 2 is 2.10 bits per heavy atom. The summed E-state index contributed by atoms with van der Waals surface area (Å²) in [6.07, 6.45) is 2.12. The van der Waals surface area contributed by atoms with Gasteiger partial charge in [-0.25, -0.2) is 9.59 Å². The molecule has 0 aliphatic heterocycles. The monoisotopic (exact) mass is 290 g/mol. The van der Waals surface area contributed by atoms with E-state index in [1.54, 1.807) is 19.9 Å². The Morgan fingerprint density at radius 3 is 2.62 bits per heavy atom. The van der Waals surface area contributed by atoms with Crippen LogP contribution in [0.15, 0.2) is 22.6 Å². The van der Waals surface area contributed by atoms with Crippen LogP contribution in [0.4, 0.5) is 0 Å². The van der Waals surface area contributed by atoms with E-state index in [1.807, 2.05) is 0 Å². The zero-order valence-electron chi connectivity index (χ0n) is 11.8. The van der Waals surface area contributed by atoms with E-state index in [1.165, 1.54) is 18.3 Å². The average molecular weight is 290 g/mol. The lowest BCUT2D eigenvalue weighted by Crippen LogP contribution is -2.18. The summed E-state index contributed by atoms with van der Waals surface area (Å²) in [6, 6.07) is 2.94. The summed E-state index contributed by atoms with van der Waals surface area (Å²) in [4.78, 5) is 36.9. The zero-order valence-corrected chi connectivity index (χ0v) is 11.8. The Balaban J connectivity index is 3.19. The Hall–Kier alpha value is -2.88. The maximum Gasteiger partial charge on any atom is 0.349 e. The molecule has 0 spiro atoms. The molecule has 7 nitrogen and oxygen atoms in total. The maximum absolute atomic E-state index is 11.7. The van der Waals surface area contributed by atoms with Crippen LogP contribution in [-0.4, -0.2) is 30.1 Å². The van der Waals surface area contributed by atoms with E-state index in [-0.39, 0.29) is 17.2 Å². The minimum Gasteiger partial charge on any atom is -0.465 e. The number of aromatic amines is 1. The van der Waals surface area contributed by atoms with Crippen LogP contribution < -0.4 is 5.56 Å². The third-order valence-electron chi connectivity index (χ3n) is 2.32. The number of nitrogens with one attached hydrogen (secondary N) is 1. The second kappa shape index (κ2) is 7.05. The van der Waals surface area contributed by atoms with Crippen LogP contribution in [-0.2, 0) is 14.3 Å². The molecule has 21 heavy (non-hydrogen) atoms. The summed E-state index contributed by atoms with van der Waals surface area (Å²) in [5, 5.41) is 8.97. The van der Waals surface area contributed by atoms with E-state index in [4.69, 9.17) is 10.00 Å². The molecule has 0 saturated heterocycles. The highest BCUT2D eigenvalue weighted by Crippen LogP contribution is 2.09. The summed E-state index contributed by atoms with van der Waals surface area (Å²) < 4.78 is 9.37. The first-order chi connectivity index (χ1) is 9.88. The molecule has 0 saturated carbocycles. The number of hydrogen-bond donors (Lipinski definition) is 1. The van der Waals surface area contributed by atoms with Gasteiger partial charge in [0.1, 0.15) is 17.2 Å². The van der Waals surface area contributed by atoms with Crippen molar-refractivity contribution < 1.29 is 19.1 Å². The predicted octanol–water partition coefficient (Wildman–Crippen LogP) is 1.02. The van der Waals surface area contributed by atoms with Crippen molar-refractivity contribution in [3.8, 4) is 6.07 Å². The van der Waals surface area contributed by atoms with Crippen molar-refractivity contribution in [1.29, 1.82) is 5.26 Å². The standard InChI is InChI=1S/C14H14N2O5/c1-8(2)21-13(18)10(6-15)4-9-5-11(14(19)20-3)12(17)16-7-9/h4-5,7-8H,1-3H3,(H,16,17). The molecule has 1 heterocycles. The van der Waals surface area contributed by atoms with E-state index >= 15 is 0 Å². The highest BCUT2D eigenvalue weighted by molar-refractivity contribution is 5.98. The van der Waals surface area contributed by atoms with Crippen LogP contribution in [0.25, 0.3) is 6.08 Å². The van der Waals surface area contributed by atoms with Crippen LogP contribution in [0.3, 0.4) is 0 Å². The highest BCUT2D eigenvalue weighted by atomic mass is 16.5. The van der Waals surface area contributed by atoms with Crippen molar-refractivity contribution in [1.82, 2.24) is 4.98 Å². The van der Waals surface area contributed by atoms with Gasteiger partial charge in [-0.15, -0.1) is 0 Å². The van der Waals surface area contributed by atoms with Crippen molar-refractivity contribution in [3.05, 3.63) is 39.3 Å². The van der Waals surface area contributed by atoms with Crippen molar-refractivity contribution >= 4 is 18.0 Å². The number of esters is 2. The van der Waals surface area contributed by atoms with Gasteiger partial charge >= 0.3 is 11.9 Å².